The summed E-state index contributed by atoms with van der Waals surface area (Å²) in [7, 11) is 0. The van der Waals surface area contributed by atoms with Gasteiger partial charge in [0.15, 0.2) is 0 Å². The summed E-state index contributed by atoms with van der Waals surface area (Å²) in [5.41, 5.74) is 0. The third-order valence-corrected chi connectivity index (χ3v) is 12.1. The van der Waals surface area contributed by atoms with Crippen molar-refractivity contribution >= 4 is 47.8 Å². The van der Waals surface area contributed by atoms with Gasteiger partial charge in [-0.05, 0) is 50.9 Å². The Morgan fingerprint density at radius 1 is 0.458 bits per heavy atom. The minimum absolute atomic E-state index is 0.0249. The third kappa shape index (κ3) is 42.2. The van der Waals surface area contributed by atoms with Gasteiger partial charge in [0.2, 0.25) is 29.5 Å². The first kappa shape index (κ1) is 65.7. The fraction of sp³-hybridized carbons (Fsp3) is 0.843. The van der Waals surface area contributed by atoms with Gasteiger partial charge in [-0.1, -0.05) is 89.9 Å². The first-order valence-electron chi connectivity index (χ1n) is 26.7. The summed E-state index contributed by atoms with van der Waals surface area (Å²) < 4.78 is 31.5. The highest BCUT2D eigenvalue weighted by Gasteiger charge is 2.30. The number of amides is 5. The molecule has 416 valence electrons. The second-order valence-corrected chi connectivity index (χ2v) is 18.2. The molecular weight excluding hydrogens is 939 g/mol. The van der Waals surface area contributed by atoms with Crippen LogP contribution in [-0.2, 0) is 66.8 Å². The third-order valence-electron chi connectivity index (χ3n) is 12.1. The van der Waals surface area contributed by atoms with Crippen LogP contribution in [0.5, 0.6) is 0 Å². The van der Waals surface area contributed by atoms with E-state index in [-0.39, 0.29) is 133 Å². The minimum Gasteiger partial charge on any atom is -0.481 e. The van der Waals surface area contributed by atoms with Gasteiger partial charge >= 0.3 is 11.9 Å². The molecule has 72 heavy (non-hydrogen) atoms. The van der Waals surface area contributed by atoms with E-state index in [1.807, 2.05) is 0 Å². The average Bonchev–Trinajstić information content (AvgIpc) is 3.36. The Hall–Kier alpha value is -4.28. The van der Waals surface area contributed by atoms with Gasteiger partial charge in [-0.2, -0.15) is 0 Å². The average molecular weight is 1030 g/mol. The van der Waals surface area contributed by atoms with E-state index < -0.39 is 18.0 Å². The molecule has 1 aliphatic carbocycles. The van der Waals surface area contributed by atoms with Crippen molar-refractivity contribution in [2.75, 3.05) is 105 Å². The molecule has 1 atom stereocenters. The van der Waals surface area contributed by atoms with Crippen LogP contribution < -0.4 is 26.6 Å². The van der Waals surface area contributed by atoms with Gasteiger partial charge in [-0.25, -0.2) is 4.79 Å². The van der Waals surface area contributed by atoms with Crippen molar-refractivity contribution in [3.63, 3.8) is 0 Å². The molecule has 21 nitrogen and oxygen atoms in total. The Labute approximate surface area is 427 Å². The molecule has 0 saturated heterocycles. The van der Waals surface area contributed by atoms with E-state index in [1.54, 1.807) is 0 Å². The Balaban J connectivity index is 1.96. The van der Waals surface area contributed by atoms with E-state index in [2.05, 4.69) is 26.6 Å². The molecule has 0 aromatic heterocycles. The van der Waals surface area contributed by atoms with Crippen molar-refractivity contribution in [2.45, 2.75) is 160 Å². The maximum Gasteiger partial charge on any atom is 0.326 e. The molecule has 21 heteroatoms. The molecule has 0 unspecified atom stereocenters. The lowest BCUT2D eigenvalue weighted by Crippen LogP contribution is -2.45. The normalized spacial score (nSPS) is 14.8. The zero-order valence-electron chi connectivity index (χ0n) is 43.2. The number of carboxylic acids is 2. The van der Waals surface area contributed by atoms with Crippen molar-refractivity contribution in [1.82, 2.24) is 26.6 Å². The molecule has 0 aromatic carbocycles. The number of hydrogen-bond acceptors (Lipinski definition) is 14. The highest BCUT2D eigenvalue weighted by Crippen LogP contribution is 2.29. The van der Waals surface area contributed by atoms with Crippen LogP contribution in [0.3, 0.4) is 0 Å². The molecule has 5 amide bonds. The van der Waals surface area contributed by atoms with Crippen LogP contribution in [0.1, 0.15) is 154 Å². The Morgan fingerprint density at radius 2 is 0.861 bits per heavy atom. The van der Waals surface area contributed by atoms with Crippen LogP contribution in [-0.4, -0.2) is 169 Å². The summed E-state index contributed by atoms with van der Waals surface area (Å²) in [6.07, 6.45) is 22.8. The molecule has 0 spiro atoms. The van der Waals surface area contributed by atoms with Gasteiger partial charge in [0.25, 0.3) is 0 Å². The molecule has 1 rings (SSSR count). The molecule has 0 radical (unpaired) electrons. The molecule has 0 aromatic rings. The first-order valence-corrected chi connectivity index (χ1v) is 26.7. The second kappa shape index (κ2) is 47.7. The van der Waals surface area contributed by atoms with E-state index in [1.165, 1.54) is 64.2 Å². The standard InChI is InChI=1S/C51H91N5O16/c57-28-32-70-34-33-67-30-26-53-47(60)40-72-38-36-69-31-27-54-48(61)41-71-37-35-68-29-25-52-46(59)24-23-44(51(65)66)56-50(64)43-21-19-42(20-22-43)39-55-45(58)17-15-13-11-9-7-5-3-1-2-4-6-8-10-12-14-16-18-49(62)63/h28,42-44H,1-27,29-41H2,(H,52,59)(H,53,60)(H,54,61)(H,55,58)(H,56,64)(H,62,63)(H,65,66)/t42?,43?,44-/m0/s1. The van der Waals surface area contributed by atoms with Crippen molar-refractivity contribution in [1.29, 1.82) is 0 Å². The lowest BCUT2D eigenvalue weighted by molar-refractivity contribution is -0.143. The maximum atomic E-state index is 13.0. The zero-order chi connectivity index (χ0) is 52.5. The lowest BCUT2D eigenvalue weighted by atomic mass is 9.81. The fourth-order valence-corrected chi connectivity index (χ4v) is 7.93. The van der Waals surface area contributed by atoms with Gasteiger partial charge in [0.1, 0.15) is 32.1 Å². The molecule has 1 aliphatic rings. The van der Waals surface area contributed by atoms with Crippen molar-refractivity contribution in [2.24, 2.45) is 11.8 Å². The number of aldehydes is 1. The van der Waals surface area contributed by atoms with Crippen LogP contribution in [0.4, 0.5) is 0 Å². The largest absolute Gasteiger partial charge is 0.481 e. The number of carbonyl (C=O) groups excluding carboxylic acids is 6. The van der Waals surface area contributed by atoms with Crippen LogP contribution >= 0.6 is 0 Å². The number of hydrogen-bond donors (Lipinski definition) is 7. The van der Waals surface area contributed by atoms with Gasteiger partial charge < -0.3 is 70.0 Å². The van der Waals surface area contributed by atoms with Crippen molar-refractivity contribution in [3.05, 3.63) is 0 Å². The van der Waals surface area contributed by atoms with E-state index in [9.17, 15) is 43.5 Å². The maximum absolute atomic E-state index is 13.0. The van der Waals surface area contributed by atoms with E-state index >= 15 is 0 Å². The van der Waals surface area contributed by atoms with E-state index in [0.29, 0.717) is 58.5 Å². The molecule has 0 heterocycles. The summed E-state index contributed by atoms with van der Waals surface area (Å²) in [5.74, 6) is -3.19. The number of carboxylic acid groups (broad SMARTS) is 2. The second-order valence-electron chi connectivity index (χ2n) is 18.2. The SMILES string of the molecule is O=CCOCCOCCNC(=O)COCCOCCNC(=O)COCCOCCNC(=O)CC[C@H](NC(=O)C1CCC(CNC(=O)CCCCCCCCCCCCCCCCCCC(=O)O)CC1)C(=O)O. The predicted molar refractivity (Wildman–Crippen MR) is 268 cm³/mol. The highest BCUT2D eigenvalue weighted by molar-refractivity contribution is 5.85. The molecule has 1 saturated carbocycles. The van der Waals surface area contributed by atoms with Gasteiger partial charge in [0, 0.05) is 51.4 Å². The van der Waals surface area contributed by atoms with Gasteiger partial charge in [-0.15, -0.1) is 0 Å². The Bertz CT molecular complexity index is 1450. The van der Waals surface area contributed by atoms with E-state index in [0.717, 1.165) is 51.4 Å². The summed E-state index contributed by atoms with van der Waals surface area (Å²) in [6, 6.07) is -1.19. The minimum atomic E-state index is -1.20. The lowest BCUT2D eigenvalue weighted by Gasteiger charge is -2.28. The molecular formula is C51H91N5O16. The molecule has 1 fully saturated rings. The van der Waals surface area contributed by atoms with Crippen molar-refractivity contribution < 1.29 is 77.0 Å². The quantitative estimate of drug-likeness (QED) is 0.0335. The topological polar surface area (TPSA) is 293 Å². The summed E-state index contributed by atoms with van der Waals surface area (Å²) >= 11 is 0. The summed E-state index contributed by atoms with van der Waals surface area (Å²) in [4.78, 5) is 94.0. The van der Waals surface area contributed by atoms with Crippen LogP contribution in [0.25, 0.3) is 0 Å². The van der Waals surface area contributed by atoms with Crippen LogP contribution in [0, 0.1) is 11.8 Å². The number of nitrogens with one attached hydrogen (secondary N) is 5. The monoisotopic (exact) mass is 1030 g/mol. The number of aliphatic carboxylic acids is 2. The fourth-order valence-electron chi connectivity index (χ4n) is 7.93. The molecule has 0 bridgehead atoms. The summed E-state index contributed by atoms with van der Waals surface area (Å²) in [6.45, 7) is 3.21. The van der Waals surface area contributed by atoms with Crippen molar-refractivity contribution in [3.8, 4) is 0 Å². The van der Waals surface area contributed by atoms with Crippen LogP contribution in [0.2, 0.25) is 0 Å². The highest BCUT2D eigenvalue weighted by atomic mass is 16.5. The number of carbonyl (C=O) groups is 8. The molecule has 7 N–H and O–H groups in total. The number of ether oxygens (including phenoxy) is 6. The first-order chi connectivity index (χ1) is 35.0. The predicted octanol–water partition coefficient (Wildman–Crippen LogP) is 4.01. The zero-order valence-corrected chi connectivity index (χ0v) is 43.2. The number of rotatable bonds is 51. The smallest absolute Gasteiger partial charge is 0.326 e. The number of unbranched alkanes of at least 4 members (excludes halogenated alkanes) is 15. The van der Waals surface area contributed by atoms with Gasteiger partial charge in [0.05, 0.1) is 59.5 Å². The Kier molecular flexibility index (Phi) is 43.6. The Morgan fingerprint density at radius 3 is 1.31 bits per heavy atom. The summed E-state index contributed by atoms with van der Waals surface area (Å²) in [5, 5.41) is 32.0. The van der Waals surface area contributed by atoms with E-state index in [4.69, 9.17) is 33.5 Å². The van der Waals surface area contributed by atoms with Crippen LogP contribution in [0.15, 0.2) is 0 Å². The van der Waals surface area contributed by atoms with Gasteiger partial charge in [-0.3, -0.25) is 28.8 Å². The molecule has 0 aliphatic heterocycles.